The van der Waals surface area contributed by atoms with Crippen LogP contribution in [-0.2, 0) is 4.79 Å². The molecular weight excluding hydrogens is 212 g/mol. The van der Waals surface area contributed by atoms with Crippen molar-refractivity contribution in [3.63, 3.8) is 0 Å². The molecule has 15 heavy (non-hydrogen) atoms. The van der Waals surface area contributed by atoms with Crippen molar-refractivity contribution in [2.45, 2.75) is 51.1 Å². The number of unbranched alkanes of at least 4 members (excludes halogenated alkanes) is 2. The van der Waals surface area contributed by atoms with Gasteiger partial charge in [-0.15, -0.1) is 0 Å². The molecule has 1 aliphatic heterocycles. The molecule has 5 heteroatoms. The van der Waals surface area contributed by atoms with Gasteiger partial charge in [0.2, 0.25) is 0 Å². The summed E-state index contributed by atoms with van der Waals surface area (Å²) in [5.74, 6) is -0.704. The molecule has 1 fully saturated rings. The van der Waals surface area contributed by atoms with E-state index in [1.54, 1.807) is 0 Å². The van der Waals surface area contributed by atoms with Crippen LogP contribution >= 0.6 is 12.2 Å². The van der Waals surface area contributed by atoms with Gasteiger partial charge in [-0.05, 0) is 32.0 Å². The highest BCUT2D eigenvalue weighted by Crippen LogP contribution is 2.11. The lowest BCUT2D eigenvalue weighted by Gasteiger charge is -2.13. The highest BCUT2D eigenvalue weighted by molar-refractivity contribution is 7.80. The SMILES string of the molecule is CC1NC(=S)NC1CCCCCC(=O)O. The summed E-state index contributed by atoms with van der Waals surface area (Å²) in [7, 11) is 0. The smallest absolute Gasteiger partial charge is 0.303 e. The van der Waals surface area contributed by atoms with E-state index in [4.69, 9.17) is 17.3 Å². The van der Waals surface area contributed by atoms with Gasteiger partial charge in [0.1, 0.15) is 0 Å². The maximum absolute atomic E-state index is 10.3. The molecule has 1 heterocycles. The third-order valence-electron chi connectivity index (χ3n) is 2.68. The van der Waals surface area contributed by atoms with Crippen LogP contribution in [0.4, 0.5) is 0 Å². The molecule has 86 valence electrons. The minimum absolute atomic E-state index is 0.282. The molecule has 0 spiro atoms. The molecule has 0 saturated carbocycles. The second-order valence-electron chi connectivity index (χ2n) is 4.01. The van der Waals surface area contributed by atoms with Gasteiger partial charge in [0, 0.05) is 18.5 Å². The number of hydrogen-bond donors (Lipinski definition) is 3. The number of nitrogens with one attached hydrogen (secondary N) is 2. The van der Waals surface area contributed by atoms with Crippen molar-refractivity contribution in [2.75, 3.05) is 0 Å². The summed E-state index contributed by atoms with van der Waals surface area (Å²) in [6, 6.07) is 0.791. The lowest BCUT2D eigenvalue weighted by molar-refractivity contribution is -0.137. The zero-order valence-corrected chi connectivity index (χ0v) is 9.77. The topological polar surface area (TPSA) is 61.4 Å². The van der Waals surface area contributed by atoms with Gasteiger partial charge in [-0.3, -0.25) is 4.79 Å². The highest BCUT2D eigenvalue weighted by atomic mass is 32.1. The standard InChI is InChI=1S/C10H18N2O2S/c1-7-8(12-10(15)11-7)5-3-2-4-6-9(13)14/h7-8H,2-6H2,1H3,(H,13,14)(H2,11,12,15). The van der Waals surface area contributed by atoms with Crippen LogP contribution in [0, 0.1) is 0 Å². The van der Waals surface area contributed by atoms with Gasteiger partial charge in [0.05, 0.1) is 0 Å². The van der Waals surface area contributed by atoms with Crippen LogP contribution < -0.4 is 10.6 Å². The summed E-state index contributed by atoms with van der Waals surface area (Å²) in [6.07, 6.45) is 4.14. The average Bonchev–Trinajstić information content (AvgIpc) is 2.44. The Hall–Kier alpha value is -0.840. The van der Waals surface area contributed by atoms with E-state index in [9.17, 15) is 4.79 Å². The van der Waals surface area contributed by atoms with E-state index >= 15 is 0 Å². The second-order valence-corrected chi connectivity index (χ2v) is 4.41. The van der Waals surface area contributed by atoms with Crippen molar-refractivity contribution in [1.82, 2.24) is 10.6 Å². The molecule has 0 bridgehead atoms. The van der Waals surface area contributed by atoms with E-state index in [0.717, 1.165) is 30.8 Å². The minimum Gasteiger partial charge on any atom is -0.481 e. The van der Waals surface area contributed by atoms with Gasteiger partial charge in [0.15, 0.2) is 5.11 Å². The number of hydrogen-bond acceptors (Lipinski definition) is 2. The van der Waals surface area contributed by atoms with Crippen LogP contribution in [0.5, 0.6) is 0 Å². The van der Waals surface area contributed by atoms with Crippen LogP contribution in [0.1, 0.15) is 39.0 Å². The van der Waals surface area contributed by atoms with E-state index in [0.29, 0.717) is 12.1 Å². The molecule has 3 N–H and O–H groups in total. The van der Waals surface area contributed by atoms with E-state index in [1.165, 1.54) is 0 Å². The third kappa shape index (κ3) is 4.46. The first-order valence-corrected chi connectivity index (χ1v) is 5.79. The van der Waals surface area contributed by atoms with Gasteiger partial charge in [0.25, 0.3) is 0 Å². The molecule has 0 aromatic heterocycles. The quantitative estimate of drug-likeness (QED) is 0.473. The molecule has 0 aliphatic carbocycles. The number of carbonyl (C=O) groups is 1. The van der Waals surface area contributed by atoms with E-state index in [2.05, 4.69) is 17.6 Å². The summed E-state index contributed by atoms with van der Waals surface area (Å²) in [6.45, 7) is 2.11. The Morgan fingerprint density at radius 3 is 2.67 bits per heavy atom. The van der Waals surface area contributed by atoms with Crippen molar-refractivity contribution in [3.8, 4) is 0 Å². The van der Waals surface area contributed by atoms with E-state index in [-0.39, 0.29) is 6.42 Å². The van der Waals surface area contributed by atoms with E-state index < -0.39 is 5.97 Å². The summed E-state index contributed by atoms with van der Waals surface area (Å²) in [5.41, 5.74) is 0. The first-order valence-electron chi connectivity index (χ1n) is 5.38. The Bertz CT molecular complexity index is 246. The molecule has 0 aromatic carbocycles. The minimum atomic E-state index is -0.704. The monoisotopic (exact) mass is 230 g/mol. The summed E-state index contributed by atoms with van der Waals surface area (Å²) in [5, 5.41) is 15.6. The molecule has 2 unspecified atom stereocenters. The number of rotatable bonds is 6. The Kier molecular flexibility index (Phi) is 4.81. The third-order valence-corrected chi connectivity index (χ3v) is 2.92. The fourth-order valence-electron chi connectivity index (χ4n) is 1.78. The predicted octanol–water partition coefficient (Wildman–Crippen LogP) is 1.26. The number of carboxylic acids is 1. The lowest BCUT2D eigenvalue weighted by Crippen LogP contribution is -2.30. The van der Waals surface area contributed by atoms with Gasteiger partial charge in [-0.25, -0.2) is 0 Å². The second kappa shape index (κ2) is 5.90. The Labute approximate surface area is 95.4 Å². The largest absolute Gasteiger partial charge is 0.481 e. The highest BCUT2D eigenvalue weighted by Gasteiger charge is 2.24. The first-order chi connectivity index (χ1) is 7.09. The zero-order valence-electron chi connectivity index (χ0n) is 8.95. The Balaban J connectivity index is 2.05. The van der Waals surface area contributed by atoms with Gasteiger partial charge < -0.3 is 15.7 Å². The van der Waals surface area contributed by atoms with Gasteiger partial charge in [-0.1, -0.05) is 12.8 Å². The van der Waals surface area contributed by atoms with Crippen molar-refractivity contribution in [1.29, 1.82) is 0 Å². The molecule has 2 atom stereocenters. The van der Waals surface area contributed by atoms with Crippen LogP contribution in [0.15, 0.2) is 0 Å². The maximum atomic E-state index is 10.3. The molecule has 4 nitrogen and oxygen atoms in total. The summed E-state index contributed by atoms with van der Waals surface area (Å²) >= 11 is 5.01. The molecule has 1 saturated heterocycles. The van der Waals surface area contributed by atoms with Crippen molar-refractivity contribution >= 4 is 23.3 Å². The number of carboxylic acid groups (broad SMARTS) is 1. The fraction of sp³-hybridized carbons (Fsp3) is 0.800. The lowest BCUT2D eigenvalue weighted by atomic mass is 10.0. The summed E-state index contributed by atoms with van der Waals surface area (Å²) < 4.78 is 0. The van der Waals surface area contributed by atoms with Gasteiger partial charge >= 0.3 is 5.97 Å². The van der Waals surface area contributed by atoms with Crippen LogP contribution in [0.25, 0.3) is 0 Å². The molecule has 0 amide bonds. The van der Waals surface area contributed by atoms with Crippen LogP contribution in [-0.4, -0.2) is 28.3 Å². The van der Waals surface area contributed by atoms with Crippen molar-refractivity contribution < 1.29 is 9.90 Å². The summed E-state index contributed by atoms with van der Waals surface area (Å²) in [4.78, 5) is 10.3. The van der Waals surface area contributed by atoms with Crippen molar-refractivity contribution in [2.24, 2.45) is 0 Å². The zero-order chi connectivity index (χ0) is 11.3. The first kappa shape index (κ1) is 12.2. The van der Waals surface area contributed by atoms with Crippen molar-refractivity contribution in [3.05, 3.63) is 0 Å². The fourth-order valence-corrected chi connectivity index (χ4v) is 2.12. The van der Waals surface area contributed by atoms with Crippen LogP contribution in [0.3, 0.4) is 0 Å². The maximum Gasteiger partial charge on any atom is 0.303 e. The number of thiocarbonyl (C=S) groups is 1. The molecule has 1 aliphatic rings. The molecule has 1 rings (SSSR count). The van der Waals surface area contributed by atoms with Crippen LogP contribution in [0.2, 0.25) is 0 Å². The Morgan fingerprint density at radius 2 is 2.13 bits per heavy atom. The average molecular weight is 230 g/mol. The molecule has 0 radical (unpaired) electrons. The predicted molar refractivity (Wildman–Crippen MR) is 62.8 cm³/mol. The Morgan fingerprint density at radius 1 is 1.40 bits per heavy atom. The molecule has 0 aromatic rings. The van der Waals surface area contributed by atoms with E-state index in [1.807, 2.05) is 0 Å². The normalized spacial score (nSPS) is 24.7. The number of aliphatic carboxylic acids is 1. The molecular formula is C10H18N2O2S. The van der Waals surface area contributed by atoms with Gasteiger partial charge in [-0.2, -0.15) is 0 Å².